The van der Waals surface area contributed by atoms with E-state index >= 15 is 0 Å². The summed E-state index contributed by atoms with van der Waals surface area (Å²) in [6.07, 6.45) is 7.93. The van der Waals surface area contributed by atoms with Crippen molar-refractivity contribution in [3.63, 3.8) is 0 Å². The number of amides is 1. The Morgan fingerprint density at radius 3 is 2.79 bits per heavy atom. The standard InChI is InChI=1S/C21H29N3O4/c1-3-5-6-7-11-19(21(27)28-4-2)24-13-18(22-15-24)20(26)23-17-10-8-9-16(12-17)14-25/h8-10,12-13,15,19,25H,3-7,11,14H2,1-2H3,(H,23,26). The van der Waals surface area contributed by atoms with Crippen LogP contribution in [-0.4, -0.2) is 33.1 Å². The first kappa shape index (κ1) is 21.6. The van der Waals surface area contributed by atoms with Crippen LogP contribution in [0, 0.1) is 0 Å². The highest BCUT2D eigenvalue weighted by molar-refractivity contribution is 6.02. The van der Waals surface area contributed by atoms with Crippen LogP contribution in [-0.2, 0) is 16.1 Å². The van der Waals surface area contributed by atoms with Crippen LogP contribution in [0.3, 0.4) is 0 Å². The molecule has 1 aromatic heterocycles. The molecule has 28 heavy (non-hydrogen) atoms. The van der Waals surface area contributed by atoms with Gasteiger partial charge in [-0.1, -0.05) is 44.7 Å². The van der Waals surface area contributed by atoms with Crippen molar-refractivity contribution in [2.24, 2.45) is 0 Å². The molecular weight excluding hydrogens is 358 g/mol. The zero-order valence-corrected chi connectivity index (χ0v) is 16.6. The summed E-state index contributed by atoms with van der Waals surface area (Å²) in [4.78, 5) is 29.0. The minimum absolute atomic E-state index is 0.0996. The molecule has 1 unspecified atom stereocenters. The Morgan fingerprint density at radius 1 is 1.25 bits per heavy atom. The first-order valence-corrected chi connectivity index (χ1v) is 9.80. The Morgan fingerprint density at radius 2 is 2.07 bits per heavy atom. The summed E-state index contributed by atoms with van der Waals surface area (Å²) in [6, 6.07) is 6.48. The van der Waals surface area contributed by atoms with Crippen molar-refractivity contribution in [3.8, 4) is 0 Å². The van der Waals surface area contributed by atoms with Crippen LogP contribution in [0.25, 0.3) is 0 Å². The number of hydrogen-bond donors (Lipinski definition) is 2. The van der Waals surface area contributed by atoms with E-state index in [0.717, 1.165) is 25.7 Å². The molecule has 1 amide bonds. The van der Waals surface area contributed by atoms with E-state index in [2.05, 4.69) is 17.2 Å². The van der Waals surface area contributed by atoms with E-state index in [4.69, 9.17) is 4.74 Å². The van der Waals surface area contributed by atoms with Crippen molar-refractivity contribution in [2.45, 2.75) is 58.6 Å². The second kappa shape index (κ2) is 11.2. The normalized spacial score (nSPS) is 11.8. The molecule has 1 atom stereocenters. The number of nitrogens with zero attached hydrogens (tertiary/aromatic N) is 2. The zero-order chi connectivity index (χ0) is 20.4. The smallest absolute Gasteiger partial charge is 0.329 e. The van der Waals surface area contributed by atoms with Gasteiger partial charge in [-0.25, -0.2) is 9.78 Å². The number of imidazole rings is 1. The number of esters is 1. The number of unbranched alkanes of at least 4 members (excludes halogenated alkanes) is 3. The number of aliphatic hydroxyl groups is 1. The van der Waals surface area contributed by atoms with Gasteiger partial charge in [0.1, 0.15) is 11.7 Å². The van der Waals surface area contributed by atoms with E-state index in [1.807, 2.05) is 0 Å². The largest absolute Gasteiger partial charge is 0.464 e. The topological polar surface area (TPSA) is 93.5 Å². The number of nitrogens with one attached hydrogen (secondary N) is 1. The lowest BCUT2D eigenvalue weighted by Crippen LogP contribution is -2.21. The Hall–Kier alpha value is -2.67. The van der Waals surface area contributed by atoms with E-state index in [1.54, 1.807) is 42.0 Å². The van der Waals surface area contributed by atoms with Gasteiger partial charge in [0.05, 0.1) is 19.5 Å². The molecule has 152 valence electrons. The molecule has 0 saturated heterocycles. The van der Waals surface area contributed by atoms with E-state index < -0.39 is 6.04 Å². The average Bonchev–Trinajstić information content (AvgIpc) is 3.18. The van der Waals surface area contributed by atoms with Gasteiger partial charge in [-0.15, -0.1) is 0 Å². The van der Waals surface area contributed by atoms with Crippen LogP contribution in [0.2, 0.25) is 0 Å². The highest BCUT2D eigenvalue weighted by atomic mass is 16.5. The number of anilines is 1. The summed E-state index contributed by atoms with van der Waals surface area (Å²) < 4.78 is 6.85. The van der Waals surface area contributed by atoms with Gasteiger partial charge in [-0.3, -0.25) is 4.79 Å². The van der Waals surface area contributed by atoms with Crippen LogP contribution >= 0.6 is 0 Å². The molecule has 0 aliphatic carbocycles. The number of aliphatic hydroxyl groups excluding tert-OH is 1. The van der Waals surface area contributed by atoms with E-state index in [1.165, 1.54) is 6.33 Å². The number of carbonyl (C=O) groups excluding carboxylic acids is 2. The molecule has 0 radical (unpaired) electrons. The van der Waals surface area contributed by atoms with Gasteiger partial charge < -0.3 is 19.7 Å². The summed E-state index contributed by atoms with van der Waals surface area (Å²) in [5, 5.41) is 12.0. The quantitative estimate of drug-likeness (QED) is 0.453. The molecule has 2 rings (SSSR count). The lowest BCUT2D eigenvalue weighted by Gasteiger charge is -2.16. The van der Waals surface area contributed by atoms with Crippen molar-refractivity contribution >= 4 is 17.6 Å². The van der Waals surface area contributed by atoms with Crippen LogP contribution in [0.1, 0.15) is 68.0 Å². The highest BCUT2D eigenvalue weighted by Crippen LogP contribution is 2.20. The third kappa shape index (κ3) is 6.20. The monoisotopic (exact) mass is 387 g/mol. The van der Waals surface area contributed by atoms with Crippen molar-refractivity contribution in [3.05, 3.63) is 48.0 Å². The molecule has 0 bridgehead atoms. The molecule has 1 aromatic carbocycles. The van der Waals surface area contributed by atoms with Gasteiger partial charge >= 0.3 is 5.97 Å². The van der Waals surface area contributed by atoms with Crippen LogP contribution in [0.5, 0.6) is 0 Å². The molecular formula is C21H29N3O4. The summed E-state index contributed by atoms with van der Waals surface area (Å²) in [5.41, 5.74) is 1.50. The second-order valence-electron chi connectivity index (χ2n) is 6.64. The molecule has 0 fully saturated rings. The van der Waals surface area contributed by atoms with Crippen LogP contribution in [0.15, 0.2) is 36.8 Å². The number of carbonyl (C=O) groups is 2. The van der Waals surface area contributed by atoms with Crippen molar-refractivity contribution in [1.82, 2.24) is 9.55 Å². The fraction of sp³-hybridized carbons (Fsp3) is 0.476. The zero-order valence-electron chi connectivity index (χ0n) is 16.6. The molecule has 1 heterocycles. The van der Waals surface area contributed by atoms with Gasteiger partial charge in [-0.2, -0.15) is 0 Å². The third-order valence-electron chi connectivity index (χ3n) is 4.45. The number of benzene rings is 1. The molecule has 2 N–H and O–H groups in total. The Labute approximate surface area is 165 Å². The van der Waals surface area contributed by atoms with Gasteiger partial charge in [-0.05, 0) is 31.0 Å². The first-order chi connectivity index (χ1) is 13.6. The van der Waals surface area contributed by atoms with Gasteiger partial charge in [0, 0.05) is 11.9 Å². The van der Waals surface area contributed by atoms with Crippen LogP contribution < -0.4 is 5.32 Å². The van der Waals surface area contributed by atoms with Gasteiger partial charge in [0.2, 0.25) is 0 Å². The Balaban J connectivity index is 2.08. The highest BCUT2D eigenvalue weighted by Gasteiger charge is 2.23. The number of hydrogen-bond acceptors (Lipinski definition) is 5. The molecule has 2 aromatic rings. The Kier molecular flexibility index (Phi) is 8.68. The van der Waals surface area contributed by atoms with Crippen molar-refractivity contribution in [1.29, 1.82) is 0 Å². The molecule has 0 aliphatic heterocycles. The predicted octanol–water partition coefficient (Wildman–Crippen LogP) is 3.70. The molecule has 0 spiro atoms. The van der Waals surface area contributed by atoms with Crippen LogP contribution in [0.4, 0.5) is 5.69 Å². The summed E-state index contributed by atoms with van der Waals surface area (Å²) in [6.45, 7) is 4.13. The molecule has 0 saturated carbocycles. The van der Waals surface area contributed by atoms with E-state index in [-0.39, 0.29) is 24.2 Å². The summed E-state index contributed by atoms with van der Waals surface area (Å²) in [5.74, 6) is -0.679. The van der Waals surface area contributed by atoms with Crippen molar-refractivity contribution in [2.75, 3.05) is 11.9 Å². The summed E-state index contributed by atoms with van der Waals surface area (Å²) >= 11 is 0. The van der Waals surface area contributed by atoms with E-state index in [9.17, 15) is 14.7 Å². The van der Waals surface area contributed by atoms with Crippen molar-refractivity contribution < 1.29 is 19.4 Å². The fourth-order valence-electron chi connectivity index (χ4n) is 2.96. The fourth-order valence-corrected chi connectivity index (χ4v) is 2.96. The van der Waals surface area contributed by atoms with E-state index in [0.29, 0.717) is 24.3 Å². The lowest BCUT2D eigenvalue weighted by molar-refractivity contribution is -0.147. The average molecular weight is 387 g/mol. The maximum absolute atomic E-state index is 12.5. The minimum atomic E-state index is -0.483. The molecule has 7 heteroatoms. The second-order valence-corrected chi connectivity index (χ2v) is 6.64. The maximum Gasteiger partial charge on any atom is 0.329 e. The SMILES string of the molecule is CCCCCCC(C(=O)OCC)n1cnc(C(=O)Nc2cccc(CO)c2)c1. The maximum atomic E-state index is 12.5. The van der Waals surface area contributed by atoms with Gasteiger partial charge in [0.25, 0.3) is 5.91 Å². The first-order valence-electron chi connectivity index (χ1n) is 9.80. The molecule has 0 aliphatic rings. The number of rotatable bonds is 11. The Bertz CT molecular complexity index is 773. The summed E-state index contributed by atoms with van der Waals surface area (Å²) in [7, 11) is 0. The third-order valence-corrected chi connectivity index (χ3v) is 4.45. The number of ether oxygens (including phenoxy) is 1. The molecule has 7 nitrogen and oxygen atoms in total. The van der Waals surface area contributed by atoms with Gasteiger partial charge in [0.15, 0.2) is 0 Å². The minimum Gasteiger partial charge on any atom is -0.464 e. The number of aromatic nitrogens is 2. The predicted molar refractivity (Wildman–Crippen MR) is 107 cm³/mol. The lowest BCUT2D eigenvalue weighted by atomic mass is 10.1.